The van der Waals surface area contributed by atoms with Crippen LogP contribution in [0.5, 0.6) is 0 Å². The molecule has 1 aliphatic rings. The van der Waals surface area contributed by atoms with Crippen molar-refractivity contribution in [3.05, 3.63) is 30.2 Å². The van der Waals surface area contributed by atoms with Crippen LogP contribution in [0.2, 0.25) is 0 Å². The third kappa shape index (κ3) is 3.80. The van der Waals surface area contributed by atoms with E-state index in [-0.39, 0.29) is 12.5 Å². The molecule has 3 N–H and O–H groups in total. The molecule has 0 aromatic carbocycles. The van der Waals surface area contributed by atoms with Gasteiger partial charge in [-0.2, -0.15) is 15.2 Å². The van der Waals surface area contributed by atoms with E-state index in [2.05, 4.69) is 30.4 Å². The maximum absolute atomic E-state index is 12.3. The first-order valence-electron chi connectivity index (χ1n) is 9.21. The van der Waals surface area contributed by atoms with Gasteiger partial charge in [0.2, 0.25) is 11.9 Å². The van der Waals surface area contributed by atoms with E-state index in [0.29, 0.717) is 23.3 Å². The van der Waals surface area contributed by atoms with Crippen LogP contribution in [-0.2, 0) is 18.4 Å². The van der Waals surface area contributed by atoms with Crippen LogP contribution < -0.4 is 16.0 Å². The molecule has 1 fully saturated rings. The Morgan fingerprint density at radius 3 is 2.75 bits per heavy atom. The molecule has 28 heavy (non-hydrogen) atoms. The standard InChI is InChI=1S/C18H23N9O/c1-12-7-16(25(2)24-12)23-17(28)11-27-10-13(9-20-27)14-8-15(19)22-18(21-14)26-5-3-4-6-26/h7-10H,3-6,11H2,1-2H3,(H,23,28)(H2,19,21,22). The van der Waals surface area contributed by atoms with Crippen LogP contribution >= 0.6 is 0 Å². The highest BCUT2D eigenvalue weighted by atomic mass is 16.2. The van der Waals surface area contributed by atoms with E-state index in [1.165, 1.54) is 0 Å². The van der Waals surface area contributed by atoms with Crippen LogP contribution in [0.1, 0.15) is 18.5 Å². The number of nitrogens with two attached hydrogens (primary N) is 1. The van der Waals surface area contributed by atoms with Crippen LogP contribution in [0.25, 0.3) is 11.3 Å². The lowest BCUT2D eigenvalue weighted by atomic mass is 10.2. The largest absolute Gasteiger partial charge is 0.384 e. The molecule has 0 aliphatic carbocycles. The Balaban J connectivity index is 1.48. The molecule has 4 heterocycles. The van der Waals surface area contributed by atoms with Crippen molar-refractivity contribution >= 4 is 23.5 Å². The molecular formula is C18H23N9O. The number of carbonyl (C=O) groups is 1. The van der Waals surface area contributed by atoms with Crippen LogP contribution in [0.3, 0.4) is 0 Å². The molecule has 0 bridgehead atoms. The molecule has 4 rings (SSSR count). The van der Waals surface area contributed by atoms with Crippen molar-refractivity contribution in [1.29, 1.82) is 0 Å². The van der Waals surface area contributed by atoms with Gasteiger partial charge in [0.05, 0.1) is 17.6 Å². The van der Waals surface area contributed by atoms with Gasteiger partial charge in [-0.05, 0) is 19.8 Å². The van der Waals surface area contributed by atoms with Gasteiger partial charge in [-0.3, -0.25) is 14.2 Å². The van der Waals surface area contributed by atoms with Gasteiger partial charge >= 0.3 is 0 Å². The first-order valence-corrected chi connectivity index (χ1v) is 9.21. The molecule has 0 radical (unpaired) electrons. The predicted octanol–water partition coefficient (Wildman–Crippen LogP) is 1.20. The van der Waals surface area contributed by atoms with Gasteiger partial charge < -0.3 is 16.0 Å². The van der Waals surface area contributed by atoms with E-state index in [9.17, 15) is 4.79 Å². The smallest absolute Gasteiger partial charge is 0.247 e. The first kappa shape index (κ1) is 18.0. The summed E-state index contributed by atoms with van der Waals surface area (Å²) in [6.45, 7) is 3.84. The second-order valence-corrected chi connectivity index (χ2v) is 6.94. The van der Waals surface area contributed by atoms with Gasteiger partial charge in [0, 0.05) is 44.0 Å². The van der Waals surface area contributed by atoms with Crippen molar-refractivity contribution in [2.45, 2.75) is 26.3 Å². The zero-order valence-corrected chi connectivity index (χ0v) is 16.0. The molecule has 0 spiro atoms. The molecule has 0 atom stereocenters. The number of hydrogen-bond acceptors (Lipinski definition) is 7. The molecule has 3 aromatic heterocycles. The number of nitrogen functional groups attached to an aromatic ring is 1. The third-order valence-corrected chi connectivity index (χ3v) is 4.63. The van der Waals surface area contributed by atoms with E-state index in [4.69, 9.17) is 5.73 Å². The Kier molecular flexibility index (Phi) is 4.68. The number of aromatic nitrogens is 6. The van der Waals surface area contributed by atoms with Crippen molar-refractivity contribution in [1.82, 2.24) is 29.5 Å². The summed E-state index contributed by atoms with van der Waals surface area (Å²) in [6, 6.07) is 3.54. The van der Waals surface area contributed by atoms with Gasteiger partial charge in [-0.25, -0.2) is 4.98 Å². The van der Waals surface area contributed by atoms with Crippen molar-refractivity contribution in [3.63, 3.8) is 0 Å². The Bertz CT molecular complexity index is 1000. The van der Waals surface area contributed by atoms with E-state index in [1.54, 1.807) is 34.9 Å². The van der Waals surface area contributed by atoms with Crippen molar-refractivity contribution in [2.24, 2.45) is 7.05 Å². The maximum Gasteiger partial charge on any atom is 0.247 e. The molecule has 1 amide bonds. The Labute approximate surface area is 162 Å². The van der Waals surface area contributed by atoms with E-state index in [0.717, 1.165) is 37.2 Å². The van der Waals surface area contributed by atoms with Crippen molar-refractivity contribution in [3.8, 4) is 11.3 Å². The highest BCUT2D eigenvalue weighted by molar-refractivity contribution is 5.89. The fraction of sp³-hybridized carbons (Fsp3) is 0.389. The van der Waals surface area contributed by atoms with Gasteiger partial charge in [-0.15, -0.1) is 0 Å². The zero-order valence-electron chi connectivity index (χ0n) is 16.0. The first-order chi connectivity index (χ1) is 13.5. The monoisotopic (exact) mass is 381 g/mol. The van der Waals surface area contributed by atoms with Crippen molar-refractivity contribution in [2.75, 3.05) is 29.0 Å². The summed E-state index contributed by atoms with van der Waals surface area (Å²) >= 11 is 0. The average Bonchev–Trinajstić information content (AvgIpc) is 3.37. The number of nitrogens with one attached hydrogen (secondary N) is 1. The quantitative estimate of drug-likeness (QED) is 0.681. The van der Waals surface area contributed by atoms with Gasteiger partial charge in [0.15, 0.2) is 0 Å². The number of carbonyl (C=O) groups excluding carboxylic acids is 1. The number of anilines is 3. The fourth-order valence-corrected chi connectivity index (χ4v) is 3.30. The molecule has 146 valence electrons. The second kappa shape index (κ2) is 7.29. The average molecular weight is 381 g/mol. The molecule has 10 nitrogen and oxygen atoms in total. The fourth-order valence-electron chi connectivity index (χ4n) is 3.30. The predicted molar refractivity (Wildman–Crippen MR) is 106 cm³/mol. The Hall–Kier alpha value is -3.43. The molecule has 10 heteroatoms. The Morgan fingerprint density at radius 2 is 2.04 bits per heavy atom. The zero-order chi connectivity index (χ0) is 19.7. The van der Waals surface area contributed by atoms with Crippen LogP contribution in [-0.4, -0.2) is 48.5 Å². The van der Waals surface area contributed by atoms with E-state index >= 15 is 0 Å². The molecule has 3 aromatic rings. The van der Waals surface area contributed by atoms with Gasteiger partial charge in [-0.1, -0.05) is 0 Å². The minimum Gasteiger partial charge on any atom is -0.384 e. The van der Waals surface area contributed by atoms with Gasteiger partial charge in [0.1, 0.15) is 18.2 Å². The summed E-state index contributed by atoms with van der Waals surface area (Å²) in [5, 5.41) is 11.3. The van der Waals surface area contributed by atoms with E-state index in [1.807, 2.05) is 13.0 Å². The minimum absolute atomic E-state index is 0.0871. The molecule has 0 unspecified atom stereocenters. The highest BCUT2D eigenvalue weighted by Crippen LogP contribution is 2.23. The third-order valence-electron chi connectivity index (χ3n) is 4.63. The molecule has 0 saturated carbocycles. The summed E-state index contributed by atoms with van der Waals surface area (Å²) in [4.78, 5) is 23.4. The normalized spacial score (nSPS) is 13.9. The van der Waals surface area contributed by atoms with Crippen LogP contribution in [0.4, 0.5) is 17.6 Å². The second-order valence-electron chi connectivity index (χ2n) is 6.94. The molecule has 1 saturated heterocycles. The van der Waals surface area contributed by atoms with Crippen LogP contribution in [0.15, 0.2) is 24.5 Å². The summed E-state index contributed by atoms with van der Waals surface area (Å²) in [5.41, 5.74) is 8.31. The molecular weight excluding hydrogens is 358 g/mol. The summed E-state index contributed by atoms with van der Waals surface area (Å²) < 4.78 is 3.20. The number of rotatable bonds is 5. The maximum atomic E-state index is 12.3. The highest BCUT2D eigenvalue weighted by Gasteiger charge is 2.17. The topological polar surface area (TPSA) is 120 Å². The van der Waals surface area contributed by atoms with Crippen LogP contribution in [0, 0.1) is 6.92 Å². The number of aryl methyl sites for hydroxylation is 2. The number of amides is 1. The number of hydrogen-bond donors (Lipinski definition) is 2. The minimum atomic E-state index is -0.183. The lowest BCUT2D eigenvalue weighted by Crippen LogP contribution is -2.21. The lowest BCUT2D eigenvalue weighted by Gasteiger charge is -2.15. The summed E-state index contributed by atoms with van der Waals surface area (Å²) in [5.74, 6) is 1.53. The summed E-state index contributed by atoms with van der Waals surface area (Å²) in [7, 11) is 1.78. The van der Waals surface area contributed by atoms with Gasteiger partial charge in [0.25, 0.3) is 0 Å². The summed E-state index contributed by atoms with van der Waals surface area (Å²) in [6.07, 6.45) is 5.73. The Morgan fingerprint density at radius 1 is 1.25 bits per heavy atom. The SMILES string of the molecule is Cc1cc(NC(=O)Cn2cc(-c3cc(N)nc(N4CCCC4)n3)cn2)n(C)n1. The number of nitrogens with zero attached hydrogens (tertiary/aromatic N) is 7. The lowest BCUT2D eigenvalue weighted by molar-refractivity contribution is -0.116. The van der Waals surface area contributed by atoms with E-state index < -0.39 is 0 Å². The van der Waals surface area contributed by atoms with Crippen molar-refractivity contribution < 1.29 is 4.79 Å². The molecule has 1 aliphatic heterocycles.